The minimum absolute atomic E-state index is 0.0524. The molecule has 0 heterocycles. The number of benzene rings is 2. The molecule has 0 aromatic heterocycles. The number of phenols is 1. The number of hydrogen-bond acceptors (Lipinski definition) is 5. The van der Waals surface area contributed by atoms with E-state index in [9.17, 15) is 33.4 Å². The van der Waals surface area contributed by atoms with E-state index < -0.39 is 23.7 Å². The molecule has 0 spiro atoms. The monoisotopic (exact) mass is 475 g/mol. The zero-order valence-corrected chi connectivity index (χ0v) is 18.8. The number of ketones is 1. The molecule has 3 rings (SSSR count). The molecule has 0 atom stereocenters. The van der Waals surface area contributed by atoms with Crippen LogP contribution in [0.5, 0.6) is 11.5 Å². The number of halogens is 2. The smallest absolute Gasteiger partial charge is 0.339 e. The first-order chi connectivity index (χ1) is 16.2. The number of aromatic hydroxyl groups is 1. The van der Waals surface area contributed by atoms with Crippen LogP contribution in [-0.4, -0.2) is 34.5 Å². The number of ether oxygens (including phenoxy) is 1. The highest BCUT2D eigenvalue weighted by Gasteiger charge is 2.41. The Bertz CT molecular complexity index is 1060. The van der Waals surface area contributed by atoms with E-state index >= 15 is 0 Å². The van der Waals surface area contributed by atoms with Gasteiger partial charge in [-0.3, -0.25) is 9.59 Å². The average molecular weight is 475 g/mol. The second-order valence-corrected chi connectivity index (χ2v) is 8.36. The molecule has 3 N–H and O–H groups in total. The number of carboxylic acid groups (broad SMARTS) is 1. The lowest BCUT2D eigenvalue weighted by molar-refractivity contribution is -0.116. The summed E-state index contributed by atoms with van der Waals surface area (Å²) in [7, 11) is 0. The van der Waals surface area contributed by atoms with Gasteiger partial charge >= 0.3 is 5.97 Å². The molecule has 182 valence electrons. The van der Waals surface area contributed by atoms with Crippen molar-refractivity contribution < 1.29 is 38.1 Å². The van der Waals surface area contributed by atoms with Crippen LogP contribution >= 0.6 is 0 Å². The Kier molecular flexibility index (Phi) is 7.86. The summed E-state index contributed by atoms with van der Waals surface area (Å²) in [5, 5.41) is 22.1. The number of amides is 1. The zero-order valence-electron chi connectivity index (χ0n) is 18.8. The number of carbonyl (C=O) groups excluding carboxylic acids is 2. The molecule has 2 aromatic carbocycles. The summed E-state index contributed by atoms with van der Waals surface area (Å²) in [5.74, 6) is -2.44. The van der Waals surface area contributed by atoms with Crippen molar-refractivity contribution in [3.8, 4) is 11.5 Å². The normalized spacial score (nSPS) is 14.7. The Morgan fingerprint density at radius 3 is 2.29 bits per heavy atom. The zero-order chi connectivity index (χ0) is 24.9. The summed E-state index contributed by atoms with van der Waals surface area (Å²) >= 11 is 0. The molecule has 0 unspecified atom stereocenters. The quantitative estimate of drug-likeness (QED) is 0.305. The van der Waals surface area contributed by atoms with E-state index in [0.717, 1.165) is 18.9 Å². The van der Waals surface area contributed by atoms with Crippen molar-refractivity contribution in [2.24, 2.45) is 5.41 Å². The van der Waals surface area contributed by atoms with Crippen molar-refractivity contribution in [2.75, 3.05) is 11.9 Å². The van der Waals surface area contributed by atoms with Gasteiger partial charge in [0.15, 0.2) is 11.5 Å². The molecule has 0 radical (unpaired) electrons. The van der Waals surface area contributed by atoms with Gasteiger partial charge in [0.1, 0.15) is 17.0 Å². The molecular weight excluding hydrogens is 448 g/mol. The number of anilines is 1. The van der Waals surface area contributed by atoms with Gasteiger partial charge in [0, 0.05) is 23.0 Å². The summed E-state index contributed by atoms with van der Waals surface area (Å²) in [6.45, 7) is 1.76. The van der Waals surface area contributed by atoms with Gasteiger partial charge in [-0.05, 0) is 38.3 Å². The number of rotatable bonds is 10. The van der Waals surface area contributed by atoms with Crippen molar-refractivity contribution in [3.05, 3.63) is 53.1 Å². The standard InChI is InChI=1S/C25H27F2NO6/c1-2-34-21-17(24(32)33)9-10-18(29)20(21)28-19(30)11-14-25(12-3-4-13-25)22(31)15-5-7-16(8-6-15)23(26)27/h5-10,23,29H,2-4,11-14H2,1H3,(H,28,30)(H,32,33). The maximum Gasteiger partial charge on any atom is 0.339 e. The fraction of sp³-hybridized carbons (Fsp3) is 0.400. The first-order valence-electron chi connectivity index (χ1n) is 11.1. The van der Waals surface area contributed by atoms with Crippen LogP contribution in [0.3, 0.4) is 0 Å². The first-order valence-corrected chi connectivity index (χ1v) is 11.1. The maximum atomic E-state index is 13.3. The Hall–Kier alpha value is -3.49. The van der Waals surface area contributed by atoms with Gasteiger partial charge in [0.05, 0.1) is 6.61 Å². The molecule has 1 saturated carbocycles. The molecular formula is C25H27F2NO6. The van der Waals surface area contributed by atoms with Crippen LogP contribution < -0.4 is 10.1 Å². The van der Waals surface area contributed by atoms with Crippen molar-refractivity contribution >= 4 is 23.3 Å². The van der Waals surface area contributed by atoms with Gasteiger partial charge in [0.2, 0.25) is 5.91 Å². The van der Waals surface area contributed by atoms with Gasteiger partial charge < -0.3 is 20.3 Å². The molecule has 1 fully saturated rings. The molecule has 0 aliphatic heterocycles. The third-order valence-corrected chi connectivity index (χ3v) is 6.22. The number of Topliss-reactive ketones (excluding diaryl/α,β-unsaturated/α-hetero) is 1. The second kappa shape index (κ2) is 10.6. The second-order valence-electron chi connectivity index (χ2n) is 8.36. The van der Waals surface area contributed by atoms with Crippen molar-refractivity contribution in [1.82, 2.24) is 0 Å². The van der Waals surface area contributed by atoms with E-state index in [1.807, 2.05) is 0 Å². The SMILES string of the molecule is CCOc1c(C(=O)O)ccc(O)c1NC(=O)CCC1(C(=O)c2ccc(C(F)F)cc2)CCCC1. The van der Waals surface area contributed by atoms with Gasteiger partial charge in [-0.2, -0.15) is 0 Å². The largest absolute Gasteiger partial charge is 0.506 e. The van der Waals surface area contributed by atoms with Crippen molar-refractivity contribution in [1.29, 1.82) is 0 Å². The molecule has 1 amide bonds. The lowest BCUT2D eigenvalue weighted by Gasteiger charge is -2.27. The number of carbonyl (C=O) groups is 3. The molecule has 1 aliphatic rings. The molecule has 0 saturated heterocycles. The van der Waals surface area contributed by atoms with Gasteiger partial charge in [-0.15, -0.1) is 0 Å². The predicted molar refractivity (Wildman–Crippen MR) is 121 cm³/mol. The molecule has 0 bridgehead atoms. The highest BCUT2D eigenvalue weighted by Crippen LogP contribution is 2.45. The summed E-state index contributed by atoms with van der Waals surface area (Å²) < 4.78 is 31.1. The topological polar surface area (TPSA) is 113 Å². The van der Waals surface area contributed by atoms with E-state index in [-0.39, 0.29) is 53.5 Å². The third-order valence-electron chi connectivity index (χ3n) is 6.22. The summed E-state index contributed by atoms with van der Waals surface area (Å²) in [6.07, 6.45) is 0.364. The Labute approximate surface area is 195 Å². The van der Waals surface area contributed by atoms with Gasteiger partial charge in [0.25, 0.3) is 6.43 Å². The molecule has 9 heteroatoms. The number of nitrogens with one attached hydrogen (secondary N) is 1. The van der Waals surface area contributed by atoms with Crippen LogP contribution in [0.15, 0.2) is 36.4 Å². The van der Waals surface area contributed by atoms with Gasteiger partial charge in [-0.1, -0.05) is 37.1 Å². The first kappa shape index (κ1) is 25.1. The van der Waals surface area contributed by atoms with Crippen LogP contribution in [0.4, 0.5) is 14.5 Å². The predicted octanol–water partition coefficient (Wildman–Crippen LogP) is 5.59. The molecule has 7 nitrogen and oxygen atoms in total. The van der Waals surface area contributed by atoms with Crippen molar-refractivity contribution in [2.45, 2.75) is 51.9 Å². The molecule has 34 heavy (non-hydrogen) atoms. The Morgan fingerprint density at radius 2 is 1.74 bits per heavy atom. The number of aromatic carboxylic acids is 1. The van der Waals surface area contributed by atoms with Crippen molar-refractivity contribution in [3.63, 3.8) is 0 Å². The summed E-state index contributed by atoms with van der Waals surface area (Å²) in [4.78, 5) is 37.6. The summed E-state index contributed by atoms with van der Waals surface area (Å²) in [6, 6.07) is 7.61. The Balaban J connectivity index is 1.77. The van der Waals surface area contributed by atoms with Crippen LogP contribution in [0.1, 0.15) is 78.2 Å². The van der Waals surface area contributed by atoms with Crippen LogP contribution in [0.25, 0.3) is 0 Å². The number of carboxylic acids is 1. The van der Waals surface area contributed by atoms with Crippen LogP contribution in [0, 0.1) is 5.41 Å². The van der Waals surface area contributed by atoms with Gasteiger partial charge in [-0.25, -0.2) is 13.6 Å². The third kappa shape index (κ3) is 5.35. The fourth-order valence-electron chi connectivity index (χ4n) is 4.44. The lowest BCUT2D eigenvalue weighted by Crippen LogP contribution is -2.30. The van der Waals surface area contributed by atoms with E-state index in [2.05, 4.69) is 5.32 Å². The molecule has 2 aromatic rings. The fourth-order valence-corrected chi connectivity index (χ4v) is 4.44. The van der Waals surface area contributed by atoms with E-state index in [0.29, 0.717) is 18.4 Å². The summed E-state index contributed by atoms with van der Waals surface area (Å²) in [5.41, 5.74) is -0.954. The molecule has 1 aliphatic carbocycles. The van der Waals surface area contributed by atoms with E-state index in [1.165, 1.54) is 30.3 Å². The van der Waals surface area contributed by atoms with Crippen LogP contribution in [-0.2, 0) is 4.79 Å². The number of phenolic OH excluding ortho intramolecular Hbond substituents is 1. The highest BCUT2D eigenvalue weighted by atomic mass is 19.3. The lowest BCUT2D eigenvalue weighted by atomic mass is 9.75. The average Bonchev–Trinajstić information content (AvgIpc) is 3.30. The maximum absolute atomic E-state index is 13.3. The highest BCUT2D eigenvalue weighted by molar-refractivity contribution is 6.02. The minimum Gasteiger partial charge on any atom is -0.506 e. The van der Waals surface area contributed by atoms with E-state index in [1.54, 1.807) is 6.92 Å². The van der Waals surface area contributed by atoms with E-state index in [4.69, 9.17) is 4.74 Å². The minimum atomic E-state index is -2.62. The number of hydrogen-bond donors (Lipinski definition) is 3. The van der Waals surface area contributed by atoms with Crippen LogP contribution in [0.2, 0.25) is 0 Å². The number of alkyl halides is 2. The Morgan fingerprint density at radius 1 is 1.09 bits per heavy atom.